The predicted molar refractivity (Wildman–Crippen MR) is 131 cm³/mol. The number of carbonyl (C=O) groups is 1. The van der Waals surface area contributed by atoms with Crippen molar-refractivity contribution in [3.05, 3.63) is 0 Å². The van der Waals surface area contributed by atoms with Crippen molar-refractivity contribution in [3.63, 3.8) is 0 Å². The molecule has 0 aromatic heterocycles. The highest BCUT2D eigenvalue weighted by atomic mass is 16.7. The Balaban J connectivity index is 1.85. The van der Waals surface area contributed by atoms with Crippen molar-refractivity contribution in [2.45, 2.75) is 111 Å². The van der Waals surface area contributed by atoms with Crippen molar-refractivity contribution < 1.29 is 64.6 Å². The zero-order valence-electron chi connectivity index (χ0n) is 21.7. The normalized spacial score (nSPS) is 47.0. The van der Waals surface area contributed by atoms with E-state index < -0.39 is 110 Å². The zero-order valence-corrected chi connectivity index (χ0v) is 21.7. The number of aliphatic hydroxyl groups excluding tert-OH is 8. The van der Waals surface area contributed by atoms with Gasteiger partial charge in [-0.3, -0.25) is 4.79 Å². The number of aliphatic hydroxyl groups is 8. The summed E-state index contributed by atoms with van der Waals surface area (Å²) in [5.74, 6) is -0.847. The summed E-state index contributed by atoms with van der Waals surface area (Å²) in [4.78, 5) is 12.6. The summed E-state index contributed by atoms with van der Waals surface area (Å²) in [6, 6.07) is -3.42. The minimum atomic E-state index is -1.80. The molecule has 0 radical (unpaired) electrons. The van der Waals surface area contributed by atoms with E-state index in [1.165, 1.54) is 0 Å². The molecule has 2 saturated heterocycles. The second-order valence-corrected chi connectivity index (χ2v) is 10.3. The van der Waals surface area contributed by atoms with Gasteiger partial charge in [0.05, 0.1) is 18.7 Å². The lowest BCUT2D eigenvalue weighted by atomic mass is 9.83. The quantitative estimate of drug-likeness (QED) is 0.113. The van der Waals surface area contributed by atoms with Crippen LogP contribution in [0.25, 0.3) is 0 Å². The largest absolute Gasteiger partial charge is 0.394 e. The molecule has 3 fully saturated rings. The maximum absolute atomic E-state index is 12.6. The van der Waals surface area contributed by atoms with E-state index in [9.17, 15) is 45.6 Å². The molecule has 18 heteroatoms. The van der Waals surface area contributed by atoms with E-state index >= 15 is 0 Å². The fourth-order valence-electron chi connectivity index (χ4n) is 5.07. The third-order valence-corrected chi connectivity index (χ3v) is 7.51. The summed E-state index contributed by atoms with van der Waals surface area (Å²) in [7, 11) is 0. The summed E-state index contributed by atoms with van der Waals surface area (Å²) in [5, 5.41) is 84.9. The lowest BCUT2D eigenvalue weighted by Crippen LogP contribution is -2.69. The Kier molecular flexibility index (Phi) is 11.9. The lowest BCUT2D eigenvalue weighted by Gasteiger charge is -2.49. The van der Waals surface area contributed by atoms with Gasteiger partial charge < -0.3 is 88.1 Å². The van der Waals surface area contributed by atoms with E-state index in [4.69, 9.17) is 41.9 Å². The van der Waals surface area contributed by atoms with Crippen LogP contribution in [0.5, 0.6) is 0 Å². The first-order chi connectivity index (χ1) is 18.9. The molecule has 3 rings (SSSR count). The highest BCUT2D eigenvalue weighted by Crippen LogP contribution is 2.32. The molecule has 3 aliphatic rings. The van der Waals surface area contributed by atoms with Gasteiger partial charge in [-0.2, -0.15) is 0 Å². The Morgan fingerprint density at radius 3 is 2.05 bits per heavy atom. The minimum absolute atomic E-state index is 0.00934. The second kappa shape index (κ2) is 14.3. The highest BCUT2D eigenvalue weighted by molar-refractivity contribution is 5.80. The molecule has 2 heterocycles. The summed E-state index contributed by atoms with van der Waals surface area (Å²) in [6.45, 7) is -0.899. The Labute approximate surface area is 229 Å². The fraction of sp³-hybridized carbons (Fsp3) is 0.955. The van der Waals surface area contributed by atoms with Crippen LogP contribution in [0.4, 0.5) is 0 Å². The molecule has 0 aromatic rings. The molecule has 2 aliphatic heterocycles. The van der Waals surface area contributed by atoms with Crippen LogP contribution in [0.3, 0.4) is 0 Å². The van der Waals surface area contributed by atoms with Gasteiger partial charge in [-0.1, -0.05) is 0 Å². The standard InChI is InChI=1S/C22H43N5O13/c23-2-1-8(29)20(36)27-7-3-6(25)18(39-21-14(32)11(26)12(30)10(5-28)38-21)17(35)19(7)40-22-16(34)15(33)13(31)9(4-24)37-22/h6-19,21-22,28-35H,1-5,23-26H2,(H,27,36)/t6-,7+,8+,9-,10+,11-,12+,13-,14+,15+,16-,17-,18+,19-,21?,22-/m1/s1. The van der Waals surface area contributed by atoms with Crippen molar-refractivity contribution in [1.29, 1.82) is 0 Å². The molecule has 1 amide bonds. The summed E-state index contributed by atoms with van der Waals surface area (Å²) in [6.07, 6.45) is -19.9. The average molecular weight is 586 g/mol. The topological polar surface area (TPSA) is 332 Å². The Hall–Kier alpha value is -1.17. The van der Waals surface area contributed by atoms with Gasteiger partial charge in [0.25, 0.3) is 0 Å². The van der Waals surface area contributed by atoms with Crippen LogP contribution in [0, 0.1) is 0 Å². The number of ether oxygens (including phenoxy) is 4. The molecule has 18 nitrogen and oxygen atoms in total. The first kappa shape index (κ1) is 33.3. The van der Waals surface area contributed by atoms with E-state index in [0.29, 0.717) is 0 Å². The number of amides is 1. The van der Waals surface area contributed by atoms with Crippen molar-refractivity contribution in [3.8, 4) is 0 Å². The molecule has 40 heavy (non-hydrogen) atoms. The van der Waals surface area contributed by atoms with Crippen molar-refractivity contribution in [1.82, 2.24) is 5.32 Å². The summed E-state index contributed by atoms with van der Waals surface area (Å²) in [5.41, 5.74) is 23.1. The number of rotatable bonds is 10. The number of nitrogens with one attached hydrogen (secondary N) is 1. The highest BCUT2D eigenvalue weighted by Gasteiger charge is 2.52. The van der Waals surface area contributed by atoms with Crippen LogP contribution in [0.2, 0.25) is 0 Å². The Morgan fingerprint density at radius 1 is 0.850 bits per heavy atom. The van der Waals surface area contributed by atoms with Crippen LogP contribution in [-0.4, -0.2) is 164 Å². The molecule has 0 spiro atoms. The van der Waals surface area contributed by atoms with Crippen LogP contribution in [-0.2, 0) is 23.7 Å². The first-order valence-electron chi connectivity index (χ1n) is 13.1. The minimum Gasteiger partial charge on any atom is -0.394 e. The lowest BCUT2D eigenvalue weighted by molar-refractivity contribution is -0.332. The van der Waals surface area contributed by atoms with Crippen LogP contribution >= 0.6 is 0 Å². The van der Waals surface area contributed by atoms with Gasteiger partial charge in [0, 0.05) is 12.6 Å². The molecule has 17 N–H and O–H groups in total. The molecule has 16 atom stereocenters. The molecule has 0 bridgehead atoms. The summed E-state index contributed by atoms with van der Waals surface area (Å²) < 4.78 is 22.5. The third-order valence-electron chi connectivity index (χ3n) is 7.51. The van der Waals surface area contributed by atoms with E-state index in [2.05, 4.69) is 5.32 Å². The number of nitrogens with two attached hydrogens (primary N) is 4. The fourth-order valence-corrected chi connectivity index (χ4v) is 5.07. The van der Waals surface area contributed by atoms with Crippen LogP contribution in [0.15, 0.2) is 0 Å². The Morgan fingerprint density at radius 2 is 1.45 bits per heavy atom. The van der Waals surface area contributed by atoms with E-state index in [-0.39, 0.29) is 25.9 Å². The monoisotopic (exact) mass is 585 g/mol. The maximum atomic E-state index is 12.6. The maximum Gasteiger partial charge on any atom is 0.249 e. The average Bonchev–Trinajstić information content (AvgIpc) is 2.92. The SMILES string of the molecule is NCC[C@H](O)C(=O)N[C@H]1C[C@@H](N)[C@H](OC2O[C@@H](CO)[C@H](O)[C@@H](N)[C@@H]2O)[C@@H](O)[C@@H]1O[C@H]1O[C@H](CN)[C@@H](O)[C@H](O)[C@H]1O. The van der Waals surface area contributed by atoms with Gasteiger partial charge >= 0.3 is 0 Å². The smallest absolute Gasteiger partial charge is 0.249 e. The second-order valence-electron chi connectivity index (χ2n) is 10.3. The number of hydrogen-bond donors (Lipinski definition) is 13. The molecule has 1 saturated carbocycles. The van der Waals surface area contributed by atoms with Crippen molar-refractivity contribution >= 4 is 5.91 Å². The van der Waals surface area contributed by atoms with E-state index in [1.54, 1.807) is 0 Å². The molecular formula is C22H43N5O13. The molecule has 1 aliphatic carbocycles. The zero-order chi connectivity index (χ0) is 29.9. The molecule has 234 valence electrons. The van der Waals surface area contributed by atoms with E-state index in [0.717, 1.165) is 0 Å². The van der Waals surface area contributed by atoms with Crippen molar-refractivity contribution in [2.24, 2.45) is 22.9 Å². The molecule has 0 aromatic carbocycles. The van der Waals surface area contributed by atoms with Gasteiger partial charge in [0.2, 0.25) is 5.91 Å². The molecular weight excluding hydrogens is 542 g/mol. The van der Waals surface area contributed by atoms with Gasteiger partial charge in [0.1, 0.15) is 67.1 Å². The Bertz CT molecular complexity index is 815. The van der Waals surface area contributed by atoms with Gasteiger partial charge in [-0.05, 0) is 19.4 Å². The first-order valence-corrected chi connectivity index (χ1v) is 13.1. The predicted octanol–water partition coefficient (Wildman–Crippen LogP) is -8.42. The van der Waals surface area contributed by atoms with E-state index in [1.807, 2.05) is 0 Å². The third kappa shape index (κ3) is 7.06. The summed E-state index contributed by atoms with van der Waals surface area (Å²) >= 11 is 0. The van der Waals surface area contributed by atoms with Crippen LogP contribution < -0.4 is 28.3 Å². The van der Waals surface area contributed by atoms with Gasteiger partial charge in [-0.25, -0.2) is 0 Å². The van der Waals surface area contributed by atoms with Crippen LogP contribution in [0.1, 0.15) is 12.8 Å². The van der Waals surface area contributed by atoms with Crippen molar-refractivity contribution in [2.75, 3.05) is 19.7 Å². The number of carbonyl (C=O) groups excluding carboxylic acids is 1. The molecule has 1 unspecified atom stereocenters. The van der Waals surface area contributed by atoms with Gasteiger partial charge in [0.15, 0.2) is 12.6 Å². The number of hydrogen-bond acceptors (Lipinski definition) is 17. The van der Waals surface area contributed by atoms with Gasteiger partial charge in [-0.15, -0.1) is 0 Å².